The second-order valence-electron chi connectivity index (χ2n) is 9.11. The number of halogens is 3. The molecule has 1 atom stereocenters. The molecule has 0 aliphatic heterocycles. The van der Waals surface area contributed by atoms with Crippen LogP contribution >= 0.6 is 11.3 Å². The number of carbonyl (C=O) groups excluding carboxylic acids is 2. The van der Waals surface area contributed by atoms with E-state index >= 15 is 0 Å². The molecule has 0 radical (unpaired) electrons. The van der Waals surface area contributed by atoms with E-state index in [4.69, 9.17) is 16.5 Å². The summed E-state index contributed by atoms with van der Waals surface area (Å²) < 4.78 is 38.4. The number of benzene rings is 2. The van der Waals surface area contributed by atoms with Gasteiger partial charge in [-0.05, 0) is 48.7 Å². The number of carbonyl (C=O) groups is 2. The van der Waals surface area contributed by atoms with E-state index in [1.807, 2.05) is 6.92 Å². The van der Waals surface area contributed by atoms with Gasteiger partial charge in [-0.1, -0.05) is 25.5 Å². The maximum absolute atomic E-state index is 12.8. The van der Waals surface area contributed by atoms with E-state index in [2.05, 4.69) is 15.6 Å². The van der Waals surface area contributed by atoms with Crippen LogP contribution in [0.2, 0.25) is 0 Å². The number of aromatic nitrogens is 2. The Morgan fingerprint density at radius 2 is 1.77 bits per heavy atom. The number of fused-ring (bicyclic) bond motifs is 1. The van der Waals surface area contributed by atoms with Crippen molar-refractivity contribution in [2.24, 2.45) is 11.7 Å². The summed E-state index contributed by atoms with van der Waals surface area (Å²) in [6.45, 7) is 2.04. The third-order valence-corrected chi connectivity index (χ3v) is 7.45. The number of aryl methyl sites for hydroxylation is 1. The van der Waals surface area contributed by atoms with Gasteiger partial charge in [-0.25, -0.2) is 14.8 Å². The molecule has 2 aromatic heterocycles. The number of hydrogen-bond acceptors (Lipinski definition) is 7. The lowest BCUT2D eigenvalue weighted by atomic mass is 10.0. The molecule has 4 rings (SSSR count). The molecule has 3 amide bonds. The first-order chi connectivity index (χ1) is 19.0. The minimum atomic E-state index is -4.48. The Kier molecular flexibility index (Phi) is 8.55. The Morgan fingerprint density at radius 3 is 2.40 bits per heavy atom. The van der Waals surface area contributed by atoms with Gasteiger partial charge in [0.05, 0.1) is 22.3 Å². The molecule has 0 aliphatic carbocycles. The lowest BCUT2D eigenvalue weighted by Crippen LogP contribution is -2.19. The maximum atomic E-state index is 12.8. The fraction of sp³-hybridized carbons (Fsp3) is 0.259. The molecule has 0 unspecified atom stereocenters. The van der Waals surface area contributed by atoms with E-state index in [0.717, 1.165) is 42.0 Å². The van der Waals surface area contributed by atoms with E-state index in [1.165, 1.54) is 0 Å². The molecule has 210 valence electrons. The van der Waals surface area contributed by atoms with Crippen LogP contribution in [0.5, 0.6) is 0 Å². The number of aliphatic hydroxyl groups excluding tert-OH is 1. The van der Waals surface area contributed by atoms with E-state index in [9.17, 15) is 27.9 Å². The van der Waals surface area contributed by atoms with Gasteiger partial charge in [0.1, 0.15) is 15.5 Å². The summed E-state index contributed by atoms with van der Waals surface area (Å²) in [7, 11) is 0. The molecule has 13 heteroatoms. The van der Waals surface area contributed by atoms with Crippen LogP contribution in [-0.4, -0.2) is 33.6 Å². The van der Waals surface area contributed by atoms with Crippen molar-refractivity contribution in [2.45, 2.75) is 32.4 Å². The number of aliphatic hydroxyl groups is 1. The summed E-state index contributed by atoms with van der Waals surface area (Å²) in [5.74, 6) is -0.0900. The lowest BCUT2D eigenvalue weighted by molar-refractivity contribution is -0.137. The smallest absolute Gasteiger partial charge is 0.397 e. The topological polar surface area (TPSA) is 156 Å². The average Bonchev–Trinajstić information content (AvgIpc) is 3.25. The minimum absolute atomic E-state index is 0.0472. The Balaban J connectivity index is 1.63. The van der Waals surface area contributed by atoms with Gasteiger partial charge in [0, 0.05) is 30.0 Å². The van der Waals surface area contributed by atoms with Crippen molar-refractivity contribution in [2.75, 3.05) is 23.0 Å². The molecule has 0 saturated carbocycles. The van der Waals surface area contributed by atoms with E-state index in [-0.39, 0.29) is 28.8 Å². The van der Waals surface area contributed by atoms with Gasteiger partial charge in [0.25, 0.3) is 5.91 Å². The molecule has 9 nitrogen and oxygen atoms in total. The predicted octanol–water partition coefficient (Wildman–Crippen LogP) is 5.65. The number of rotatable bonds is 9. The molecule has 7 N–H and O–H groups in total. The maximum Gasteiger partial charge on any atom is 0.416 e. The van der Waals surface area contributed by atoms with Crippen LogP contribution in [0.3, 0.4) is 0 Å². The van der Waals surface area contributed by atoms with Crippen molar-refractivity contribution in [3.8, 4) is 11.3 Å². The highest BCUT2D eigenvalue weighted by molar-refractivity contribution is 7.21. The van der Waals surface area contributed by atoms with Crippen molar-refractivity contribution in [3.63, 3.8) is 0 Å². The standard InChI is InChI=1S/C27H27F3N6O3S/c1-2-14(13-37)6-11-19-35-22(20-21(31)23(24(32)38)40-25(20)36-19)15-4-3-5-18(12-15)34-26(39)33-17-9-7-16(8-10-17)27(28,29)30/h3-5,7-10,12,14,37H,2,6,11,13,31H2,1H3,(H2,32,38)(H2,33,34,39)/t14-/m1/s1. The van der Waals surface area contributed by atoms with Gasteiger partial charge in [-0.15, -0.1) is 11.3 Å². The molecular weight excluding hydrogens is 545 g/mol. The number of nitrogen functional groups attached to an aromatic ring is 1. The summed E-state index contributed by atoms with van der Waals surface area (Å²) in [6.07, 6.45) is -2.54. The van der Waals surface area contributed by atoms with Crippen LogP contribution in [-0.2, 0) is 12.6 Å². The van der Waals surface area contributed by atoms with Crippen LogP contribution in [0.4, 0.5) is 35.0 Å². The number of thiophene rings is 1. The van der Waals surface area contributed by atoms with Crippen molar-refractivity contribution in [1.82, 2.24) is 9.97 Å². The Labute approximate surface area is 231 Å². The molecule has 0 aliphatic rings. The van der Waals surface area contributed by atoms with Gasteiger partial charge in [0.2, 0.25) is 0 Å². The summed E-state index contributed by atoms with van der Waals surface area (Å²) in [6, 6.07) is 10.1. The fourth-order valence-corrected chi connectivity index (χ4v) is 5.07. The summed E-state index contributed by atoms with van der Waals surface area (Å²) in [5, 5.41) is 15.2. The zero-order valence-corrected chi connectivity index (χ0v) is 22.2. The Morgan fingerprint density at radius 1 is 1.07 bits per heavy atom. The molecule has 2 aromatic carbocycles. The molecule has 2 heterocycles. The fourth-order valence-electron chi connectivity index (χ4n) is 4.11. The van der Waals surface area contributed by atoms with Crippen molar-refractivity contribution in [1.29, 1.82) is 0 Å². The van der Waals surface area contributed by atoms with Crippen LogP contribution in [0.15, 0.2) is 48.5 Å². The molecule has 0 fully saturated rings. The SMILES string of the molecule is CC[C@@H](CO)CCc1nc(-c2cccc(NC(=O)Nc3ccc(C(F)(F)F)cc3)c2)c2c(N)c(C(N)=O)sc2n1. The summed E-state index contributed by atoms with van der Waals surface area (Å²) >= 11 is 1.07. The highest BCUT2D eigenvalue weighted by Crippen LogP contribution is 2.39. The molecule has 0 spiro atoms. The van der Waals surface area contributed by atoms with Crippen LogP contribution in [0, 0.1) is 5.92 Å². The number of anilines is 3. The Hall–Kier alpha value is -4.23. The predicted molar refractivity (Wildman–Crippen MR) is 149 cm³/mol. The first-order valence-electron chi connectivity index (χ1n) is 12.3. The van der Waals surface area contributed by atoms with E-state index in [0.29, 0.717) is 45.8 Å². The van der Waals surface area contributed by atoms with Crippen molar-refractivity contribution in [3.05, 3.63) is 64.8 Å². The number of hydrogen-bond donors (Lipinski definition) is 5. The first-order valence-corrected chi connectivity index (χ1v) is 13.2. The quantitative estimate of drug-likeness (QED) is 0.174. The highest BCUT2D eigenvalue weighted by atomic mass is 32.1. The normalized spacial score (nSPS) is 12.3. The second-order valence-corrected chi connectivity index (χ2v) is 10.1. The monoisotopic (exact) mass is 572 g/mol. The van der Waals surface area contributed by atoms with Gasteiger partial charge >= 0.3 is 12.2 Å². The number of alkyl halides is 3. The van der Waals surface area contributed by atoms with Gasteiger partial charge in [-0.2, -0.15) is 13.2 Å². The lowest BCUT2D eigenvalue weighted by Gasteiger charge is -2.13. The van der Waals surface area contributed by atoms with Crippen LogP contribution in [0.1, 0.15) is 40.8 Å². The number of primary amides is 1. The number of amides is 3. The highest BCUT2D eigenvalue weighted by Gasteiger charge is 2.30. The van der Waals surface area contributed by atoms with E-state index < -0.39 is 23.7 Å². The molecule has 4 aromatic rings. The van der Waals surface area contributed by atoms with Crippen molar-refractivity contribution >= 4 is 50.6 Å². The number of nitrogens with two attached hydrogens (primary N) is 2. The van der Waals surface area contributed by atoms with Crippen LogP contribution < -0.4 is 22.1 Å². The molecule has 0 bridgehead atoms. The number of nitrogens with one attached hydrogen (secondary N) is 2. The van der Waals surface area contributed by atoms with Gasteiger partial charge in [0.15, 0.2) is 0 Å². The van der Waals surface area contributed by atoms with Gasteiger partial charge in [-0.3, -0.25) is 4.79 Å². The third-order valence-electron chi connectivity index (χ3n) is 6.33. The number of urea groups is 1. The zero-order valence-electron chi connectivity index (χ0n) is 21.4. The first kappa shape index (κ1) is 28.8. The zero-order chi connectivity index (χ0) is 29.0. The average molecular weight is 573 g/mol. The summed E-state index contributed by atoms with van der Waals surface area (Å²) in [4.78, 5) is 34.5. The van der Waals surface area contributed by atoms with E-state index in [1.54, 1.807) is 24.3 Å². The molecule has 40 heavy (non-hydrogen) atoms. The summed E-state index contributed by atoms with van der Waals surface area (Å²) in [5.41, 5.74) is 12.7. The Bertz CT molecular complexity index is 1540. The second kappa shape index (κ2) is 11.9. The largest absolute Gasteiger partial charge is 0.416 e. The number of nitrogens with zero attached hydrogens (tertiary/aromatic N) is 2. The van der Waals surface area contributed by atoms with Crippen LogP contribution in [0.25, 0.3) is 21.5 Å². The third kappa shape index (κ3) is 6.49. The van der Waals surface area contributed by atoms with Crippen molar-refractivity contribution < 1.29 is 27.9 Å². The van der Waals surface area contributed by atoms with Gasteiger partial charge < -0.3 is 27.2 Å². The minimum Gasteiger partial charge on any atom is -0.397 e. The molecule has 0 saturated heterocycles. The molecular formula is C27H27F3N6O3S.